The Morgan fingerprint density at radius 3 is 2.96 bits per heavy atom. The monoisotopic (exact) mass is 412 g/mol. The third kappa shape index (κ3) is 3.77. The number of fused-ring (bicyclic) bond motifs is 1. The molecule has 0 atom stereocenters. The van der Waals surface area contributed by atoms with Crippen LogP contribution in [0.4, 0.5) is 5.00 Å². The summed E-state index contributed by atoms with van der Waals surface area (Å²) >= 11 is 7.67. The zero-order valence-electron chi connectivity index (χ0n) is 15.0. The van der Waals surface area contributed by atoms with Gasteiger partial charge in [0, 0.05) is 16.9 Å². The van der Waals surface area contributed by atoms with Gasteiger partial charge in [-0.15, -0.1) is 21.5 Å². The van der Waals surface area contributed by atoms with E-state index in [4.69, 9.17) is 11.6 Å². The van der Waals surface area contributed by atoms with Crippen LogP contribution in [0.15, 0.2) is 24.3 Å². The van der Waals surface area contributed by atoms with Gasteiger partial charge in [-0.3, -0.25) is 4.79 Å². The molecule has 1 aliphatic carbocycles. The lowest BCUT2D eigenvalue weighted by Crippen LogP contribution is -2.15. The van der Waals surface area contributed by atoms with Crippen molar-refractivity contribution in [3.05, 3.63) is 45.3 Å². The number of carbonyl (C=O) groups excluding carboxylic acids is 1. The van der Waals surface area contributed by atoms with Crippen LogP contribution in [-0.2, 0) is 24.2 Å². The molecular weight excluding hydrogens is 396 g/mol. The van der Waals surface area contributed by atoms with Crippen molar-refractivity contribution in [2.75, 3.05) is 5.32 Å². The zero-order chi connectivity index (χ0) is 19.5. The molecule has 3 aromatic rings. The SMILES string of the molecule is N#Cc1c(NC(=O)CCn2nnc(-c3ccccc3Cl)n2)sc2c1CCCC2. The second-order valence-corrected chi connectivity index (χ2v) is 8.03. The van der Waals surface area contributed by atoms with Crippen molar-refractivity contribution in [2.45, 2.75) is 38.6 Å². The van der Waals surface area contributed by atoms with Crippen LogP contribution in [0.5, 0.6) is 0 Å². The maximum atomic E-state index is 12.4. The summed E-state index contributed by atoms with van der Waals surface area (Å²) in [6.45, 7) is 0.288. The van der Waals surface area contributed by atoms with Crippen LogP contribution in [0.3, 0.4) is 0 Å². The third-order valence-electron chi connectivity index (χ3n) is 4.64. The topological polar surface area (TPSA) is 96.5 Å². The number of hydrogen-bond donors (Lipinski definition) is 1. The Morgan fingerprint density at radius 2 is 2.14 bits per heavy atom. The lowest BCUT2D eigenvalue weighted by molar-refractivity contribution is -0.116. The minimum absolute atomic E-state index is 0.174. The molecule has 0 unspecified atom stereocenters. The van der Waals surface area contributed by atoms with Gasteiger partial charge in [0.25, 0.3) is 0 Å². The number of nitrogens with zero attached hydrogens (tertiary/aromatic N) is 5. The molecule has 0 radical (unpaired) electrons. The summed E-state index contributed by atoms with van der Waals surface area (Å²) in [7, 11) is 0. The lowest BCUT2D eigenvalue weighted by atomic mass is 9.96. The summed E-state index contributed by atoms with van der Waals surface area (Å²) in [5.74, 6) is 0.246. The van der Waals surface area contributed by atoms with Gasteiger partial charge in [0.2, 0.25) is 11.7 Å². The fourth-order valence-electron chi connectivity index (χ4n) is 3.25. The Labute approximate surface area is 170 Å². The molecule has 28 heavy (non-hydrogen) atoms. The van der Waals surface area contributed by atoms with E-state index in [1.807, 2.05) is 18.2 Å². The quantitative estimate of drug-likeness (QED) is 0.686. The fourth-order valence-corrected chi connectivity index (χ4v) is 4.73. The van der Waals surface area contributed by atoms with Crippen LogP contribution in [0.2, 0.25) is 5.02 Å². The van der Waals surface area contributed by atoms with Crippen LogP contribution >= 0.6 is 22.9 Å². The van der Waals surface area contributed by atoms with E-state index in [1.54, 1.807) is 6.07 Å². The highest BCUT2D eigenvalue weighted by atomic mass is 35.5. The minimum Gasteiger partial charge on any atom is -0.317 e. The largest absolute Gasteiger partial charge is 0.317 e. The number of anilines is 1. The molecule has 0 saturated heterocycles. The van der Waals surface area contributed by atoms with Gasteiger partial charge in [-0.05, 0) is 48.6 Å². The van der Waals surface area contributed by atoms with Crippen molar-refractivity contribution in [2.24, 2.45) is 0 Å². The van der Waals surface area contributed by atoms with Gasteiger partial charge in [0.05, 0.1) is 17.1 Å². The summed E-state index contributed by atoms with van der Waals surface area (Å²) < 4.78 is 0. The molecule has 2 aromatic heterocycles. The predicted molar refractivity (Wildman–Crippen MR) is 107 cm³/mol. The van der Waals surface area contributed by atoms with E-state index in [0.29, 0.717) is 27.0 Å². The minimum atomic E-state index is -0.174. The first-order valence-corrected chi connectivity index (χ1v) is 10.2. The molecule has 2 heterocycles. The van der Waals surface area contributed by atoms with Gasteiger partial charge in [-0.1, -0.05) is 23.7 Å². The first-order valence-electron chi connectivity index (χ1n) is 9.03. The molecule has 0 bridgehead atoms. The highest BCUT2D eigenvalue weighted by Gasteiger charge is 2.21. The van der Waals surface area contributed by atoms with Crippen LogP contribution in [0.1, 0.15) is 35.3 Å². The molecular formula is C19H17ClN6OS. The molecule has 0 saturated carbocycles. The maximum absolute atomic E-state index is 12.4. The van der Waals surface area contributed by atoms with E-state index < -0.39 is 0 Å². The van der Waals surface area contributed by atoms with Crippen molar-refractivity contribution in [1.82, 2.24) is 20.2 Å². The van der Waals surface area contributed by atoms with Gasteiger partial charge in [-0.25, -0.2) is 0 Å². The molecule has 1 aromatic carbocycles. The summed E-state index contributed by atoms with van der Waals surface area (Å²) in [6.07, 6.45) is 4.32. The number of halogens is 1. The second-order valence-electron chi connectivity index (χ2n) is 6.51. The molecule has 1 N–H and O–H groups in total. The number of rotatable bonds is 5. The average molecular weight is 413 g/mol. The first kappa shape index (κ1) is 18.6. The Morgan fingerprint density at radius 1 is 1.32 bits per heavy atom. The van der Waals surface area contributed by atoms with E-state index in [9.17, 15) is 10.1 Å². The van der Waals surface area contributed by atoms with Crippen molar-refractivity contribution in [3.8, 4) is 17.5 Å². The van der Waals surface area contributed by atoms with Crippen LogP contribution in [0.25, 0.3) is 11.4 Å². The Kier molecular flexibility index (Phi) is 5.37. The number of nitrogens with one attached hydrogen (secondary N) is 1. The summed E-state index contributed by atoms with van der Waals surface area (Å²) in [6, 6.07) is 9.51. The molecule has 1 aliphatic rings. The Balaban J connectivity index is 1.40. The van der Waals surface area contributed by atoms with Gasteiger partial charge in [0.15, 0.2) is 0 Å². The summed E-state index contributed by atoms with van der Waals surface area (Å²) in [4.78, 5) is 15.0. The lowest BCUT2D eigenvalue weighted by Gasteiger charge is -2.09. The second kappa shape index (κ2) is 8.09. The highest BCUT2D eigenvalue weighted by molar-refractivity contribution is 7.16. The molecule has 9 heteroatoms. The third-order valence-corrected chi connectivity index (χ3v) is 6.18. The average Bonchev–Trinajstić information content (AvgIpc) is 3.30. The van der Waals surface area contributed by atoms with Crippen LogP contribution in [0, 0.1) is 11.3 Å². The smallest absolute Gasteiger partial charge is 0.226 e. The molecule has 0 spiro atoms. The van der Waals surface area contributed by atoms with Crippen molar-refractivity contribution < 1.29 is 4.79 Å². The van der Waals surface area contributed by atoms with Gasteiger partial charge >= 0.3 is 0 Å². The number of benzene rings is 1. The standard InChI is InChI=1S/C19H17ClN6OS/c20-15-7-3-1-6-13(15)18-23-25-26(24-18)10-9-17(27)22-19-14(11-21)12-5-2-4-8-16(12)28-19/h1,3,6-7H,2,4-5,8-10H2,(H,22,27). The molecule has 0 fully saturated rings. The number of thiophene rings is 1. The van der Waals surface area contributed by atoms with Crippen molar-refractivity contribution in [1.29, 1.82) is 5.26 Å². The van der Waals surface area contributed by atoms with Gasteiger partial charge in [-0.2, -0.15) is 10.1 Å². The van der Waals surface area contributed by atoms with Crippen LogP contribution < -0.4 is 5.32 Å². The number of tetrazole rings is 1. The van der Waals surface area contributed by atoms with Gasteiger partial charge < -0.3 is 5.32 Å². The van der Waals surface area contributed by atoms with E-state index in [0.717, 1.165) is 31.2 Å². The fraction of sp³-hybridized carbons (Fsp3) is 0.316. The number of nitriles is 1. The normalized spacial score (nSPS) is 13.0. The van der Waals surface area contributed by atoms with Crippen molar-refractivity contribution >= 4 is 33.8 Å². The van der Waals surface area contributed by atoms with E-state index >= 15 is 0 Å². The molecule has 4 rings (SSSR count). The number of carbonyl (C=O) groups is 1. The predicted octanol–water partition coefficient (Wildman–Crippen LogP) is 3.83. The van der Waals surface area contributed by atoms with E-state index in [1.165, 1.54) is 21.0 Å². The zero-order valence-corrected chi connectivity index (χ0v) is 16.6. The molecule has 142 valence electrons. The van der Waals surface area contributed by atoms with Crippen LogP contribution in [-0.4, -0.2) is 26.1 Å². The Hall–Kier alpha value is -2.76. The molecule has 0 aliphatic heterocycles. The number of amides is 1. The maximum Gasteiger partial charge on any atom is 0.226 e. The number of aryl methyl sites for hydroxylation is 2. The molecule has 1 amide bonds. The first-order chi connectivity index (χ1) is 13.7. The summed E-state index contributed by atoms with van der Waals surface area (Å²) in [5, 5.41) is 25.8. The van der Waals surface area contributed by atoms with Gasteiger partial charge in [0.1, 0.15) is 11.1 Å². The summed E-state index contributed by atoms with van der Waals surface area (Å²) in [5.41, 5.74) is 2.42. The van der Waals surface area contributed by atoms with E-state index in [2.05, 4.69) is 26.8 Å². The number of aromatic nitrogens is 4. The highest BCUT2D eigenvalue weighted by Crippen LogP contribution is 2.37. The number of hydrogen-bond acceptors (Lipinski definition) is 6. The van der Waals surface area contributed by atoms with E-state index in [-0.39, 0.29) is 18.9 Å². The Bertz CT molecular complexity index is 1070. The van der Waals surface area contributed by atoms with Crippen molar-refractivity contribution in [3.63, 3.8) is 0 Å². The molecule has 7 nitrogen and oxygen atoms in total.